The highest BCUT2D eigenvalue weighted by Gasteiger charge is 2.14. The molecule has 0 saturated heterocycles. The van der Waals surface area contributed by atoms with Crippen molar-refractivity contribution >= 4 is 6.09 Å². The number of allylic oxidation sites excluding steroid dienone is 2. The molecule has 294 valence electrons. The smallest absolute Gasteiger partial charge is 0.407 e. The Morgan fingerprint density at radius 2 is 0.898 bits per heavy atom. The van der Waals surface area contributed by atoms with Crippen molar-refractivity contribution in [3.05, 3.63) is 12.2 Å². The van der Waals surface area contributed by atoms with Crippen LogP contribution in [0.15, 0.2) is 12.2 Å². The fraction of sp³-hybridized carbons (Fsp3) is 0.932. The van der Waals surface area contributed by atoms with E-state index in [9.17, 15) is 4.79 Å². The molecule has 0 rings (SSSR count). The molecule has 1 N–H and O–H groups in total. The average molecular weight is 696 g/mol. The number of alkyl carbamates (subject to hydrolysis) is 1. The Hall–Kier alpha value is -1.07. The summed E-state index contributed by atoms with van der Waals surface area (Å²) in [7, 11) is 1.67. The van der Waals surface area contributed by atoms with E-state index in [2.05, 4.69) is 31.3 Å². The van der Waals surface area contributed by atoms with Gasteiger partial charge in [-0.05, 0) is 57.8 Å². The molecule has 0 spiro atoms. The molecule has 0 aliphatic carbocycles. The van der Waals surface area contributed by atoms with Crippen molar-refractivity contribution in [3.63, 3.8) is 0 Å². The molecule has 1 atom stereocenters. The minimum absolute atomic E-state index is 0. The molecule has 0 aromatic carbocycles. The van der Waals surface area contributed by atoms with Crippen LogP contribution in [-0.4, -0.2) is 45.7 Å². The predicted octanol–water partition coefficient (Wildman–Crippen LogP) is 14.5. The molecule has 0 aliphatic rings. The van der Waals surface area contributed by atoms with Crippen molar-refractivity contribution in [1.82, 2.24) is 5.32 Å². The van der Waals surface area contributed by atoms with E-state index in [4.69, 9.17) is 14.2 Å². The highest BCUT2D eigenvalue weighted by atomic mass is 16.6. The number of methoxy groups -OCH3 is 1. The van der Waals surface area contributed by atoms with Crippen LogP contribution in [-0.2, 0) is 14.2 Å². The van der Waals surface area contributed by atoms with Crippen molar-refractivity contribution in [1.29, 1.82) is 0 Å². The van der Waals surface area contributed by atoms with E-state index in [0.29, 0.717) is 26.4 Å². The zero-order valence-electron chi connectivity index (χ0n) is 32.8. The number of hydrogen-bond acceptors (Lipinski definition) is 4. The summed E-state index contributed by atoms with van der Waals surface area (Å²) in [6, 6.07) is 0. The quantitative estimate of drug-likeness (QED) is 0.0512. The summed E-state index contributed by atoms with van der Waals surface area (Å²) >= 11 is 0. The number of amides is 1. The van der Waals surface area contributed by atoms with Crippen LogP contribution in [0.2, 0.25) is 0 Å². The fourth-order valence-corrected chi connectivity index (χ4v) is 6.43. The normalized spacial score (nSPS) is 12.0. The second-order valence-corrected chi connectivity index (χ2v) is 14.4. The van der Waals surface area contributed by atoms with Gasteiger partial charge in [-0.15, -0.1) is 0 Å². The third-order valence-electron chi connectivity index (χ3n) is 9.61. The van der Waals surface area contributed by atoms with Crippen LogP contribution in [0.25, 0.3) is 0 Å². The van der Waals surface area contributed by atoms with E-state index in [0.717, 1.165) is 32.1 Å². The second-order valence-electron chi connectivity index (χ2n) is 14.4. The van der Waals surface area contributed by atoms with E-state index >= 15 is 0 Å². The van der Waals surface area contributed by atoms with Crippen LogP contribution >= 0.6 is 0 Å². The zero-order valence-corrected chi connectivity index (χ0v) is 32.8. The first-order valence-electron chi connectivity index (χ1n) is 21.4. The number of hydrogen-bond donors (Lipinski definition) is 1. The molecule has 0 heterocycles. The molecule has 5 nitrogen and oxygen atoms in total. The number of rotatable bonds is 40. The maximum absolute atomic E-state index is 12.5. The van der Waals surface area contributed by atoms with E-state index in [-0.39, 0.29) is 19.6 Å². The number of carbonyl (C=O) groups is 1. The molecule has 5 heteroatoms. The summed E-state index contributed by atoms with van der Waals surface area (Å²) in [5, 5.41) is 2.94. The molecule has 0 bridgehead atoms. The zero-order chi connectivity index (χ0) is 34.9. The number of carbonyl (C=O) groups excluding carboxylic acids is 1. The Kier molecular flexibility index (Phi) is 45.9. The van der Waals surface area contributed by atoms with Crippen LogP contribution < -0.4 is 5.32 Å². The first kappa shape index (κ1) is 50.0. The lowest BCUT2D eigenvalue weighted by atomic mass is 10.0. The van der Waals surface area contributed by atoms with Crippen molar-refractivity contribution in [2.75, 3.05) is 33.5 Å². The van der Waals surface area contributed by atoms with E-state index in [1.54, 1.807) is 7.11 Å². The van der Waals surface area contributed by atoms with Gasteiger partial charge in [0.25, 0.3) is 0 Å². The van der Waals surface area contributed by atoms with Crippen molar-refractivity contribution < 1.29 is 19.0 Å². The van der Waals surface area contributed by atoms with Gasteiger partial charge in [-0.3, -0.25) is 0 Å². The highest BCUT2D eigenvalue weighted by molar-refractivity contribution is 5.67. The van der Waals surface area contributed by atoms with Gasteiger partial charge in [-0.2, -0.15) is 0 Å². The minimum atomic E-state index is -0.263. The Balaban J connectivity index is 0. The maximum Gasteiger partial charge on any atom is 0.407 e. The van der Waals surface area contributed by atoms with Crippen LogP contribution in [0.3, 0.4) is 0 Å². The van der Waals surface area contributed by atoms with Crippen LogP contribution in [0.1, 0.15) is 227 Å². The average Bonchev–Trinajstić information content (AvgIpc) is 3.09. The van der Waals surface area contributed by atoms with Crippen LogP contribution in [0.4, 0.5) is 4.79 Å². The summed E-state index contributed by atoms with van der Waals surface area (Å²) < 4.78 is 16.4. The van der Waals surface area contributed by atoms with E-state index < -0.39 is 0 Å². The fourth-order valence-electron chi connectivity index (χ4n) is 6.43. The molecule has 1 amide bonds. The van der Waals surface area contributed by atoms with Crippen molar-refractivity contribution in [2.45, 2.75) is 233 Å². The largest absolute Gasteiger partial charge is 0.446 e. The Bertz CT molecular complexity index is 640. The van der Waals surface area contributed by atoms with Crippen molar-refractivity contribution in [3.8, 4) is 0 Å². The SMILES string of the molecule is C.CCCCCCCC/C=C\CCCCCCCC(CCCCCCCCCCCCCCCCCC)OC(=O)NCCCOCCOC. The van der Waals surface area contributed by atoms with Gasteiger partial charge in [-0.25, -0.2) is 4.79 Å². The molecule has 1 unspecified atom stereocenters. The Morgan fingerprint density at radius 1 is 0.510 bits per heavy atom. The van der Waals surface area contributed by atoms with Gasteiger partial charge >= 0.3 is 6.09 Å². The van der Waals surface area contributed by atoms with Gasteiger partial charge < -0.3 is 19.5 Å². The first-order chi connectivity index (χ1) is 23.7. The molecule has 0 aliphatic heterocycles. The van der Waals surface area contributed by atoms with E-state index in [1.165, 1.54) is 173 Å². The molecule has 0 aromatic heterocycles. The van der Waals surface area contributed by atoms with Crippen molar-refractivity contribution in [2.24, 2.45) is 0 Å². The lowest BCUT2D eigenvalue weighted by Crippen LogP contribution is -2.30. The van der Waals surface area contributed by atoms with Crippen LogP contribution in [0, 0.1) is 0 Å². The first-order valence-corrected chi connectivity index (χ1v) is 21.4. The van der Waals surface area contributed by atoms with Gasteiger partial charge in [-0.1, -0.05) is 181 Å². The Labute approximate surface area is 308 Å². The molecule has 0 fully saturated rings. The summed E-state index contributed by atoms with van der Waals surface area (Å²) in [6.07, 6.45) is 46.5. The van der Waals surface area contributed by atoms with Gasteiger partial charge in [0.1, 0.15) is 6.10 Å². The molecule has 0 radical (unpaired) electrons. The lowest BCUT2D eigenvalue weighted by Gasteiger charge is -2.18. The van der Waals surface area contributed by atoms with Gasteiger partial charge in [0.15, 0.2) is 0 Å². The van der Waals surface area contributed by atoms with Gasteiger partial charge in [0.05, 0.1) is 13.2 Å². The maximum atomic E-state index is 12.5. The summed E-state index contributed by atoms with van der Waals surface area (Å²) in [6.45, 7) is 6.99. The number of nitrogens with one attached hydrogen (secondary N) is 1. The summed E-state index contributed by atoms with van der Waals surface area (Å²) in [5.74, 6) is 0. The molecular weight excluding hydrogens is 606 g/mol. The monoisotopic (exact) mass is 696 g/mol. The second kappa shape index (κ2) is 45.0. The topological polar surface area (TPSA) is 56.8 Å². The highest BCUT2D eigenvalue weighted by Crippen LogP contribution is 2.18. The predicted molar refractivity (Wildman–Crippen MR) is 216 cm³/mol. The van der Waals surface area contributed by atoms with E-state index in [1.807, 2.05) is 0 Å². The van der Waals surface area contributed by atoms with Crippen LogP contribution in [0.5, 0.6) is 0 Å². The Morgan fingerprint density at radius 3 is 1.31 bits per heavy atom. The third kappa shape index (κ3) is 43.0. The molecule has 0 saturated carbocycles. The molecule has 0 aromatic rings. The summed E-state index contributed by atoms with van der Waals surface area (Å²) in [4.78, 5) is 12.5. The lowest BCUT2D eigenvalue weighted by molar-refractivity contribution is 0.0670. The minimum Gasteiger partial charge on any atom is -0.446 e. The van der Waals surface area contributed by atoms with Gasteiger partial charge in [0.2, 0.25) is 0 Å². The number of ether oxygens (including phenoxy) is 3. The standard InChI is InChI=1S/C43H85NO4.CH4/c1-4-6-8-10-12-14-16-18-20-22-24-26-28-30-32-34-37-42(48-43(45)44-38-35-39-47-41-40-46-3)36-33-31-29-27-25-23-21-19-17-15-13-11-9-7-5-2;/h19,21,42H,4-18,20,22-41H2,1-3H3,(H,44,45);1H4/b21-19-;. The van der Waals surface area contributed by atoms with Gasteiger partial charge in [0, 0.05) is 20.3 Å². The molecular formula is C44H89NO4. The molecule has 49 heavy (non-hydrogen) atoms. The number of unbranched alkanes of at least 4 members (excludes halogenated alkanes) is 26. The third-order valence-corrected chi connectivity index (χ3v) is 9.61. The summed E-state index contributed by atoms with van der Waals surface area (Å²) in [5.41, 5.74) is 0.